The summed E-state index contributed by atoms with van der Waals surface area (Å²) in [6, 6.07) is 10.4. The summed E-state index contributed by atoms with van der Waals surface area (Å²) < 4.78 is 2.48. The van der Waals surface area contributed by atoms with Gasteiger partial charge in [0.1, 0.15) is 0 Å². The predicted molar refractivity (Wildman–Crippen MR) is 114 cm³/mol. The van der Waals surface area contributed by atoms with E-state index in [4.69, 9.17) is 10.2 Å². The molecule has 6 heteroatoms. The zero-order valence-electron chi connectivity index (χ0n) is 17.3. The molecule has 0 unspecified atom stereocenters. The van der Waals surface area contributed by atoms with Crippen LogP contribution in [0.25, 0.3) is 0 Å². The highest BCUT2D eigenvalue weighted by molar-refractivity contribution is 7.97. The zero-order chi connectivity index (χ0) is 21.5. The van der Waals surface area contributed by atoms with Crippen molar-refractivity contribution in [3.63, 3.8) is 0 Å². The van der Waals surface area contributed by atoms with Gasteiger partial charge in [0.05, 0.1) is 0 Å². The van der Waals surface area contributed by atoms with E-state index < -0.39 is 11.9 Å². The van der Waals surface area contributed by atoms with Crippen molar-refractivity contribution in [2.75, 3.05) is 0 Å². The number of aliphatic carboxylic acids is 2. The summed E-state index contributed by atoms with van der Waals surface area (Å²) in [6.07, 6.45) is 4.69. The number of rotatable bonds is 5. The Morgan fingerprint density at radius 3 is 1.96 bits per heavy atom. The van der Waals surface area contributed by atoms with E-state index in [0.717, 1.165) is 18.9 Å². The summed E-state index contributed by atoms with van der Waals surface area (Å²) >= 11 is 1.80. The monoisotopic (exact) mass is 405 g/mol. The lowest BCUT2D eigenvalue weighted by molar-refractivity contribution is -0.133. The second-order valence-corrected chi connectivity index (χ2v) is 9.21. The predicted octanol–water partition coefficient (Wildman–Crippen LogP) is 5.25. The minimum absolute atomic E-state index is 0.0117. The third-order valence-corrected chi connectivity index (χ3v) is 6.21. The first-order valence-electron chi connectivity index (χ1n) is 9.19. The van der Waals surface area contributed by atoms with Gasteiger partial charge >= 0.3 is 11.9 Å². The van der Waals surface area contributed by atoms with E-state index >= 15 is 0 Å². The summed E-state index contributed by atoms with van der Waals surface area (Å²) in [5.74, 6) is -1.50. The van der Waals surface area contributed by atoms with Gasteiger partial charge in [-0.3, -0.25) is 0 Å². The average Bonchev–Trinajstić information content (AvgIpc) is 2.58. The number of carboxylic acids is 2. The normalized spacial score (nSPS) is 19.2. The van der Waals surface area contributed by atoms with E-state index in [1.165, 1.54) is 4.90 Å². The molecule has 1 aromatic rings. The van der Waals surface area contributed by atoms with Crippen LogP contribution in [-0.4, -0.2) is 37.5 Å². The Hall–Kier alpha value is -2.05. The van der Waals surface area contributed by atoms with E-state index in [1.807, 2.05) is 12.1 Å². The molecule has 0 atom stereocenters. The fourth-order valence-corrected chi connectivity index (χ4v) is 4.85. The summed E-state index contributed by atoms with van der Waals surface area (Å²) in [7, 11) is 0. The van der Waals surface area contributed by atoms with Crippen LogP contribution in [0.3, 0.4) is 0 Å². The van der Waals surface area contributed by atoms with E-state index in [9.17, 15) is 9.59 Å². The Bertz CT molecular complexity index is 707. The van der Waals surface area contributed by atoms with Gasteiger partial charge in [0.25, 0.3) is 0 Å². The molecule has 1 fully saturated rings. The molecule has 0 radical (unpaired) electrons. The smallest absolute Gasteiger partial charge is 0.330 e. The SMILES string of the molecule is C=CC(=O)O.CC(=CC1CC(C)(C)N(Sc2ccccc2)C(C)(C)C1)C(=O)O. The average molecular weight is 406 g/mol. The fourth-order valence-electron chi connectivity index (χ4n) is 3.72. The molecular formula is C22H31NO4S. The molecule has 1 heterocycles. The molecule has 2 N–H and O–H groups in total. The van der Waals surface area contributed by atoms with Gasteiger partial charge in [-0.05, 0) is 77.5 Å². The molecule has 0 bridgehead atoms. The van der Waals surface area contributed by atoms with Gasteiger partial charge in [-0.25, -0.2) is 13.9 Å². The number of piperidine rings is 1. The lowest BCUT2D eigenvalue weighted by Crippen LogP contribution is -2.56. The standard InChI is InChI=1S/C19H27NO2S.C3H4O2/c1-14(17(21)22)11-15-12-18(2,3)20(19(4,5)13-15)23-16-9-7-6-8-10-16;1-2-3(4)5/h6-11,15H,12-13H2,1-5H3,(H,21,22);2H,1H2,(H,4,5). The van der Waals surface area contributed by atoms with E-state index in [-0.39, 0.29) is 11.1 Å². The fraction of sp³-hybridized carbons (Fsp3) is 0.455. The molecule has 1 aliphatic heterocycles. The van der Waals surface area contributed by atoms with Crippen molar-refractivity contribution in [2.24, 2.45) is 5.92 Å². The van der Waals surface area contributed by atoms with Gasteiger partial charge in [0.15, 0.2) is 0 Å². The highest BCUT2D eigenvalue weighted by Gasteiger charge is 2.45. The van der Waals surface area contributed by atoms with Crippen LogP contribution in [0.5, 0.6) is 0 Å². The molecule has 154 valence electrons. The van der Waals surface area contributed by atoms with Crippen molar-refractivity contribution < 1.29 is 19.8 Å². The number of benzene rings is 1. The maximum atomic E-state index is 11.1. The molecule has 5 nitrogen and oxygen atoms in total. The second-order valence-electron chi connectivity index (χ2n) is 8.19. The van der Waals surface area contributed by atoms with Crippen LogP contribution < -0.4 is 0 Å². The topological polar surface area (TPSA) is 77.8 Å². The highest BCUT2D eigenvalue weighted by Crippen LogP contribution is 2.47. The number of allylic oxidation sites excluding steroid dienone is 1. The minimum Gasteiger partial charge on any atom is -0.478 e. The summed E-state index contributed by atoms with van der Waals surface area (Å²) in [4.78, 5) is 21.6. The van der Waals surface area contributed by atoms with Crippen molar-refractivity contribution >= 4 is 23.9 Å². The highest BCUT2D eigenvalue weighted by atomic mass is 32.2. The van der Waals surface area contributed by atoms with Crippen LogP contribution in [0.4, 0.5) is 0 Å². The third-order valence-electron chi connectivity index (χ3n) is 4.56. The van der Waals surface area contributed by atoms with Gasteiger partial charge in [0.2, 0.25) is 0 Å². The first-order valence-corrected chi connectivity index (χ1v) is 9.97. The number of nitrogens with zero attached hydrogens (tertiary/aromatic N) is 1. The number of hydrogen-bond donors (Lipinski definition) is 2. The lowest BCUT2D eigenvalue weighted by atomic mass is 9.75. The number of hydrogen-bond acceptors (Lipinski definition) is 4. The van der Waals surface area contributed by atoms with E-state index in [2.05, 4.69) is 62.8 Å². The van der Waals surface area contributed by atoms with Crippen molar-refractivity contribution in [1.29, 1.82) is 0 Å². The summed E-state index contributed by atoms with van der Waals surface area (Å²) in [5, 5.41) is 16.7. The molecule has 0 amide bonds. The van der Waals surface area contributed by atoms with Crippen LogP contribution in [0.2, 0.25) is 0 Å². The van der Waals surface area contributed by atoms with Crippen molar-refractivity contribution in [3.05, 3.63) is 54.6 Å². The maximum Gasteiger partial charge on any atom is 0.330 e. The van der Waals surface area contributed by atoms with E-state index in [0.29, 0.717) is 11.5 Å². The minimum atomic E-state index is -0.981. The molecule has 1 aliphatic rings. The van der Waals surface area contributed by atoms with Crippen LogP contribution in [-0.2, 0) is 9.59 Å². The molecule has 0 spiro atoms. The van der Waals surface area contributed by atoms with Gasteiger partial charge in [-0.15, -0.1) is 0 Å². The Morgan fingerprint density at radius 2 is 1.57 bits per heavy atom. The first-order chi connectivity index (χ1) is 12.9. The summed E-state index contributed by atoms with van der Waals surface area (Å²) in [6.45, 7) is 13.7. The van der Waals surface area contributed by atoms with Gasteiger partial charge in [-0.1, -0.05) is 30.9 Å². The van der Waals surface area contributed by atoms with Crippen molar-refractivity contribution in [1.82, 2.24) is 4.31 Å². The Balaban J connectivity index is 0.000000696. The van der Waals surface area contributed by atoms with Crippen LogP contribution in [0, 0.1) is 5.92 Å². The lowest BCUT2D eigenvalue weighted by Gasteiger charge is -2.54. The van der Waals surface area contributed by atoms with E-state index in [1.54, 1.807) is 18.9 Å². The Labute approximate surface area is 172 Å². The largest absolute Gasteiger partial charge is 0.478 e. The number of carbonyl (C=O) groups is 2. The Morgan fingerprint density at radius 1 is 1.11 bits per heavy atom. The van der Waals surface area contributed by atoms with Crippen molar-refractivity contribution in [3.8, 4) is 0 Å². The van der Waals surface area contributed by atoms with Crippen LogP contribution >= 0.6 is 11.9 Å². The molecule has 1 saturated heterocycles. The quantitative estimate of drug-likeness (QED) is 0.514. The second kappa shape index (κ2) is 9.94. The molecule has 28 heavy (non-hydrogen) atoms. The molecule has 1 aromatic carbocycles. The van der Waals surface area contributed by atoms with Gasteiger partial charge in [0, 0.05) is 27.6 Å². The van der Waals surface area contributed by atoms with Crippen molar-refractivity contribution in [2.45, 2.75) is 63.4 Å². The third kappa shape index (κ3) is 7.17. The summed E-state index contributed by atoms with van der Waals surface area (Å²) in [5.41, 5.74) is 0.426. The maximum absolute atomic E-state index is 11.1. The van der Waals surface area contributed by atoms with Crippen LogP contribution in [0.15, 0.2) is 59.5 Å². The Kier molecular flexibility index (Phi) is 8.51. The molecule has 0 saturated carbocycles. The zero-order valence-corrected chi connectivity index (χ0v) is 18.1. The molecule has 0 aromatic heterocycles. The van der Waals surface area contributed by atoms with Gasteiger partial charge in [-0.2, -0.15) is 0 Å². The van der Waals surface area contributed by atoms with Gasteiger partial charge < -0.3 is 10.2 Å². The molecule has 2 rings (SSSR count). The molecule has 0 aliphatic carbocycles. The number of carboxylic acid groups (broad SMARTS) is 2. The molecular weight excluding hydrogens is 374 g/mol. The first kappa shape index (κ1) is 24.0. The van der Waals surface area contributed by atoms with Crippen LogP contribution in [0.1, 0.15) is 47.5 Å².